The molecule has 0 radical (unpaired) electrons. The molecule has 3 rings (SSSR count). The zero-order valence-corrected chi connectivity index (χ0v) is 10.9. The molecule has 0 saturated carbocycles. The molecule has 0 aliphatic carbocycles. The Balaban J connectivity index is 1.91. The number of nitrogens with zero attached hydrogens (tertiary/aromatic N) is 1. The second-order valence-electron chi connectivity index (χ2n) is 4.96. The van der Waals surface area contributed by atoms with E-state index in [2.05, 4.69) is 4.99 Å². The third kappa shape index (κ3) is 2.27. The van der Waals surface area contributed by atoms with Crippen LogP contribution < -0.4 is 0 Å². The number of alkyl halides is 1. The Kier molecular flexibility index (Phi) is 3.18. The molecule has 1 heterocycles. The molecule has 0 bridgehead atoms. The largest absolute Gasteiger partial charge is 0.294 e. The lowest BCUT2D eigenvalue weighted by atomic mass is 9.84. The number of benzene rings is 2. The van der Waals surface area contributed by atoms with Crippen molar-refractivity contribution < 1.29 is 9.18 Å². The van der Waals surface area contributed by atoms with Crippen LogP contribution in [0.25, 0.3) is 0 Å². The van der Waals surface area contributed by atoms with E-state index < -0.39 is 5.67 Å². The molecule has 0 spiro atoms. The Hall–Kier alpha value is -2.29. The number of carbonyl (C=O) groups excluding carboxylic acids is 1. The number of hydrogen-bond donors (Lipinski definition) is 0. The maximum absolute atomic E-state index is 15.2. The summed E-state index contributed by atoms with van der Waals surface area (Å²) in [6.07, 6.45) is 1.54. The summed E-state index contributed by atoms with van der Waals surface area (Å²) in [7, 11) is 0. The predicted octanol–water partition coefficient (Wildman–Crippen LogP) is 4.23. The summed E-state index contributed by atoms with van der Waals surface area (Å²) in [5, 5.41) is 0. The summed E-state index contributed by atoms with van der Waals surface area (Å²) < 4.78 is 15.2. The van der Waals surface area contributed by atoms with E-state index >= 15 is 4.39 Å². The van der Waals surface area contributed by atoms with Gasteiger partial charge in [-0.15, -0.1) is 0 Å². The van der Waals surface area contributed by atoms with Crippen LogP contribution in [0, 0.1) is 0 Å². The highest BCUT2D eigenvalue weighted by atomic mass is 19.1. The van der Waals surface area contributed by atoms with Gasteiger partial charge in [0.1, 0.15) is 5.67 Å². The molecule has 2 aromatic rings. The van der Waals surface area contributed by atoms with Gasteiger partial charge in [0, 0.05) is 30.2 Å². The number of rotatable bonds is 3. The van der Waals surface area contributed by atoms with Crippen molar-refractivity contribution in [2.45, 2.75) is 18.5 Å². The van der Waals surface area contributed by atoms with Crippen LogP contribution in [-0.4, -0.2) is 12.0 Å². The smallest absolute Gasteiger partial charge is 0.166 e. The van der Waals surface area contributed by atoms with Crippen molar-refractivity contribution in [3.63, 3.8) is 0 Å². The highest BCUT2D eigenvalue weighted by molar-refractivity contribution is 5.97. The second-order valence-corrected chi connectivity index (χ2v) is 4.96. The van der Waals surface area contributed by atoms with Crippen molar-refractivity contribution in [3.8, 4) is 0 Å². The number of carbonyl (C=O) groups is 1. The molecule has 0 fully saturated rings. The fourth-order valence-electron chi connectivity index (χ4n) is 2.51. The van der Waals surface area contributed by atoms with Gasteiger partial charge in [0.05, 0.1) is 5.69 Å². The fraction of sp³-hybridized carbons (Fsp3) is 0.176. The van der Waals surface area contributed by atoms with Gasteiger partial charge in [-0.3, -0.25) is 9.79 Å². The molecule has 1 aliphatic rings. The van der Waals surface area contributed by atoms with Crippen LogP contribution in [0.15, 0.2) is 59.6 Å². The van der Waals surface area contributed by atoms with E-state index in [1.165, 1.54) is 0 Å². The van der Waals surface area contributed by atoms with Gasteiger partial charge in [-0.25, -0.2) is 4.39 Å². The van der Waals surface area contributed by atoms with Gasteiger partial charge in [-0.05, 0) is 6.07 Å². The minimum atomic E-state index is -1.66. The van der Waals surface area contributed by atoms with Gasteiger partial charge >= 0.3 is 0 Å². The topological polar surface area (TPSA) is 29.4 Å². The van der Waals surface area contributed by atoms with Gasteiger partial charge in [0.2, 0.25) is 0 Å². The first kappa shape index (κ1) is 12.7. The minimum Gasteiger partial charge on any atom is -0.294 e. The van der Waals surface area contributed by atoms with E-state index in [-0.39, 0.29) is 18.6 Å². The molecule has 3 heteroatoms. The number of halogens is 1. The van der Waals surface area contributed by atoms with E-state index in [9.17, 15) is 4.79 Å². The Morgan fingerprint density at radius 2 is 1.80 bits per heavy atom. The number of para-hydroxylation sites is 1. The van der Waals surface area contributed by atoms with Crippen LogP contribution in [-0.2, 0) is 5.67 Å². The molecular formula is C17H14FNO. The van der Waals surface area contributed by atoms with Crippen molar-refractivity contribution in [2.75, 3.05) is 0 Å². The first-order valence-electron chi connectivity index (χ1n) is 6.58. The summed E-state index contributed by atoms with van der Waals surface area (Å²) in [4.78, 5) is 16.4. The SMILES string of the molecule is O=C(CC1(F)CC=Nc2ccccc21)c1ccccc1. The lowest BCUT2D eigenvalue weighted by molar-refractivity contribution is 0.0845. The third-order valence-electron chi connectivity index (χ3n) is 3.57. The van der Waals surface area contributed by atoms with E-state index in [0.717, 1.165) is 0 Å². The number of ketones is 1. The van der Waals surface area contributed by atoms with Crippen LogP contribution in [0.4, 0.5) is 10.1 Å². The Bertz CT molecular complexity index is 666. The molecule has 1 unspecified atom stereocenters. The average Bonchev–Trinajstić information content (AvgIpc) is 2.48. The Labute approximate surface area is 117 Å². The number of hydrogen-bond acceptors (Lipinski definition) is 2. The molecule has 0 saturated heterocycles. The summed E-state index contributed by atoms with van der Waals surface area (Å²) in [5.74, 6) is -0.182. The summed E-state index contributed by atoms with van der Waals surface area (Å²) >= 11 is 0. The van der Waals surface area contributed by atoms with Crippen molar-refractivity contribution in [1.29, 1.82) is 0 Å². The number of aliphatic imine (C=N–C) groups is 1. The molecule has 1 atom stereocenters. The molecular weight excluding hydrogens is 253 g/mol. The van der Waals surface area contributed by atoms with Crippen LogP contribution >= 0.6 is 0 Å². The lowest BCUT2D eigenvalue weighted by Crippen LogP contribution is -2.27. The zero-order valence-electron chi connectivity index (χ0n) is 10.9. The summed E-state index contributed by atoms with van der Waals surface area (Å²) in [5.41, 5.74) is 0.00376. The molecule has 1 aliphatic heterocycles. The fourth-order valence-corrected chi connectivity index (χ4v) is 2.51. The van der Waals surface area contributed by atoms with Gasteiger partial charge in [-0.2, -0.15) is 0 Å². The highest BCUT2D eigenvalue weighted by Gasteiger charge is 2.37. The Morgan fingerprint density at radius 1 is 1.10 bits per heavy atom. The molecule has 0 aromatic heterocycles. The molecule has 20 heavy (non-hydrogen) atoms. The zero-order chi connectivity index (χ0) is 14.0. The van der Waals surface area contributed by atoms with E-state index in [4.69, 9.17) is 0 Å². The van der Waals surface area contributed by atoms with Gasteiger partial charge in [0.15, 0.2) is 5.78 Å². The maximum atomic E-state index is 15.2. The van der Waals surface area contributed by atoms with Gasteiger partial charge < -0.3 is 0 Å². The number of fused-ring (bicyclic) bond motifs is 1. The van der Waals surface area contributed by atoms with Crippen molar-refractivity contribution in [3.05, 3.63) is 65.7 Å². The summed E-state index contributed by atoms with van der Waals surface area (Å²) in [6, 6.07) is 15.9. The minimum absolute atomic E-state index is 0.141. The average molecular weight is 267 g/mol. The first-order valence-corrected chi connectivity index (χ1v) is 6.58. The lowest BCUT2D eigenvalue weighted by Gasteiger charge is -2.27. The third-order valence-corrected chi connectivity index (χ3v) is 3.57. The Morgan fingerprint density at radius 3 is 2.60 bits per heavy atom. The predicted molar refractivity (Wildman–Crippen MR) is 77.4 cm³/mol. The van der Waals surface area contributed by atoms with E-state index in [0.29, 0.717) is 16.8 Å². The van der Waals surface area contributed by atoms with E-state index in [1.807, 2.05) is 12.1 Å². The van der Waals surface area contributed by atoms with Gasteiger partial charge in [-0.1, -0.05) is 48.5 Å². The monoisotopic (exact) mass is 267 g/mol. The molecule has 2 nitrogen and oxygen atoms in total. The molecule has 100 valence electrons. The van der Waals surface area contributed by atoms with Crippen LogP contribution in [0.3, 0.4) is 0 Å². The summed E-state index contributed by atoms with van der Waals surface area (Å²) in [6.45, 7) is 0. The quantitative estimate of drug-likeness (QED) is 0.765. The first-order chi connectivity index (χ1) is 9.69. The molecule has 0 N–H and O–H groups in total. The van der Waals surface area contributed by atoms with Crippen LogP contribution in [0.1, 0.15) is 28.8 Å². The van der Waals surface area contributed by atoms with Crippen LogP contribution in [0.5, 0.6) is 0 Å². The second kappa shape index (κ2) is 5.00. The van der Waals surface area contributed by atoms with E-state index in [1.54, 1.807) is 48.7 Å². The molecule has 0 amide bonds. The molecule has 2 aromatic carbocycles. The standard InChI is InChI=1S/C17H14FNO/c18-17(12-16(20)13-6-2-1-3-7-13)10-11-19-15-9-5-4-8-14(15)17/h1-9,11H,10,12H2. The van der Waals surface area contributed by atoms with Crippen molar-refractivity contribution in [2.24, 2.45) is 4.99 Å². The normalized spacial score (nSPS) is 20.4. The van der Waals surface area contributed by atoms with Crippen molar-refractivity contribution in [1.82, 2.24) is 0 Å². The van der Waals surface area contributed by atoms with Crippen molar-refractivity contribution >= 4 is 17.7 Å². The van der Waals surface area contributed by atoms with Gasteiger partial charge in [0.25, 0.3) is 0 Å². The maximum Gasteiger partial charge on any atom is 0.166 e. The number of Topliss-reactive ketones (excluding diaryl/α,β-unsaturated/α-hetero) is 1. The van der Waals surface area contributed by atoms with Crippen LogP contribution in [0.2, 0.25) is 0 Å². The highest BCUT2D eigenvalue weighted by Crippen LogP contribution is 2.42.